The average molecular weight is 316 g/mol. The summed E-state index contributed by atoms with van der Waals surface area (Å²) in [5.74, 6) is -2.36. The Bertz CT molecular complexity index is 679. The Morgan fingerprint density at radius 2 is 2.24 bits per heavy atom. The number of carbonyl (C=O) groups excluding carboxylic acids is 1. The van der Waals surface area contributed by atoms with Gasteiger partial charge in [0.25, 0.3) is 5.91 Å². The van der Waals surface area contributed by atoms with Gasteiger partial charge in [-0.15, -0.1) is 0 Å². The highest BCUT2D eigenvalue weighted by molar-refractivity contribution is 7.92. The van der Waals surface area contributed by atoms with Gasteiger partial charge in [-0.05, 0) is 30.7 Å². The summed E-state index contributed by atoms with van der Waals surface area (Å²) in [5.41, 5.74) is -0.278. The third-order valence-electron chi connectivity index (χ3n) is 2.66. The van der Waals surface area contributed by atoms with Crippen molar-refractivity contribution in [2.75, 3.05) is 17.5 Å². The van der Waals surface area contributed by atoms with E-state index in [1.165, 1.54) is 18.4 Å². The molecule has 0 saturated carbocycles. The van der Waals surface area contributed by atoms with Crippen LogP contribution >= 0.6 is 0 Å². The minimum absolute atomic E-state index is 0.290. The topological polar surface area (TPSA) is 95.9 Å². The van der Waals surface area contributed by atoms with Crippen LogP contribution in [0.25, 0.3) is 6.08 Å². The maximum atomic E-state index is 14.1. The number of phenolic OH excluding ortho intramolecular Hbond substituents is 1. The molecule has 0 aromatic heterocycles. The van der Waals surface area contributed by atoms with Crippen LogP contribution < -0.4 is 9.03 Å². The van der Waals surface area contributed by atoms with Crippen LogP contribution in [0.15, 0.2) is 18.4 Å². The first kappa shape index (κ1) is 15.1. The summed E-state index contributed by atoms with van der Waals surface area (Å²) in [6.07, 6.45) is 2.74. The van der Waals surface area contributed by atoms with Gasteiger partial charge in [-0.1, -0.05) is 0 Å². The number of halogens is 1. The van der Waals surface area contributed by atoms with E-state index in [0.717, 1.165) is 6.07 Å². The number of nitrogens with one attached hydrogen (secondary N) is 1. The first-order valence-electron chi connectivity index (χ1n) is 5.99. The molecule has 0 spiro atoms. The van der Waals surface area contributed by atoms with Gasteiger partial charge in [0.1, 0.15) is 18.0 Å². The minimum Gasteiger partial charge on any atom is -0.506 e. The van der Waals surface area contributed by atoms with Gasteiger partial charge in [0.05, 0.1) is 12.9 Å². The van der Waals surface area contributed by atoms with Crippen LogP contribution in [0.4, 0.5) is 10.1 Å². The fourth-order valence-corrected chi connectivity index (χ4v) is 2.99. The molecule has 0 aliphatic carbocycles. The zero-order chi connectivity index (χ0) is 15.6. The van der Waals surface area contributed by atoms with Crippen LogP contribution in [0.2, 0.25) is 0 Å². The fourth-order valence-electron chi connectivity index (χ4n) is 1.82. The third kappa shape index (κ3) is 3.07. The molecular formula is C12H13FN2O5S. The number of amides is 1. The van der Waals surface area contributed by atoms with Crippen molar-refractivity contribution in [2.45, 2.75) is 6.92 Å². The molecule has 0 unspecified atom stereocenters. The summed E-state index contributed by atoms with van der Waals surface area (Å²) < 4.78 is 44.5. The summed E-state index contributed by atoms with van der Waals surface area (Å²) in [4.78, 5) is 11.1. The van der Waals surface area contributed by atoms with Gasteiger partial charge < -0.3 is 9.84 Å². The van der Waals surface area contributed by atoms with E-state index in [9.17, 15) is 22.7 Å². The van der Waals surface area contributed by atoms with E-state index in [-0.39, 0.29) is 5.56 Å². The number of ether oxygens (including phenoxy) is 1. The lowest BCUT2D eigenvalue weighted by Gasteiger charge is -2.17. The summed E-state index contributed by atoms with van der Waals surface area (Å²) in [7, 11) is -4.18. The van der Waals surface area contributed by atoms with E-state index in [2.05, 4.69) is 0 Å². The van der Waals surface area contributed by atoms with E-state index in [4.69, 9.17) is 4.74 Å². The van der Waals surface area contributed by atoms with Gasteiger partial charge in [-0.25, -0.2) is 13.4 Å². The quantitative estimate of drug-likeness (QED) is 0.798. The van der Waals surface area contributed by atoms with Crippen LogP contribution in [0, 0.1) is 5.82 Å². The number of hydrogen-bond acceptors (Lipinski definition) is 5. The standard InChI is InChI=1S/C12H13FN2O5S/c1-2-20-4-3-8-5-9(13)12(10(16)6-8)15-7-11(17)14-21(15,18)19/h3-6,16H,2,7H2,1H3,(H,14,17)/b4-3+. The fraction of sp³-hybridized carbons (Fsp3) is 0.250. The van der Waals surface area contributed by atoms with E-state index < -0.39 is 39.9 Å². The Morgan fingerprint density at radius 1 is 1.52 bits per heavy atom. The Labute approximate surface area is 120 Å². The van der Waals surface area contributed by atoms with E-state index >= 15 is 0 Å². The molecule has 1 aliphatic heterocycles. The Balaban J connectivity index is 2.40. The molecule has 1 aromatic carbocycles. The third-order valence-corrected chi connectivity index (χ3v) is 4.04. The first-order chi connectivity index (χ1) is 9.85. The lowest BCUT2D eigenvalue weighted by molar-refractivity contribution is -0.117. The summed E-state index contributed by atoms with van der Waals surface area (Å²) in [6.45, 7) is 1.62. The monoisotopic (exact) mass is 316 g/mol. The second-order valence-corrected chi connectivity index (χ2v) is 5.76. The van der Waals surface area contributed by atoms with Crippen molar-refractivity contribution < 1.29 is 27.4 Å². The molecule has 0 radical (unpaired) electrons. The molecule has 7 nitrogen and oxygen atoms in total. The number of nitrogens with zero attached hydrogens (tertiary/aromatic N) is 1. The largest absolute Gasteiger partial charge is 0.506 e. The van der Waals surface area contributed by atoms with Crippen LogP contribution in [0.1, 0.15) is 12.5 Å². The van der Waals surface area contributed by atoms with Gasteiger partial charge in [0.15, 0.2) is 5.82 Å². The predicted octanol–water partition coefficient (Wildman–Crippen LogP) is 0.719. The number of aromatic hydroxyl groups is 1. The van der Waals surface area contributed by atoms with Crippen LogP contribution in [-0.4, -0.2) is 32.6 Å². The van der Waals surface area contributed by atoms with Crippen molar-refractivity contribution in [2.24, 2.45) is 0 Å². The normalized spacial score (nSPS) is 17.2. The average Bonchev–Trinajstić information content (AvgIpc) is 2.62. The van der Waals surface area contributed by atoms with Crippen molar-refractivity contribution in [1.29, 1.82) is 0 Å². The number of anilines is 1. The zero-order valence-electron chi connectivity index (χ0n) is 11.0. The minimum atomic E-state index is -4.18. The van der Waals surface area contributed by atoms with Crippen molar-refractivity contribution >= 4 is 27.9 Å². The second kappa shape index (κ2) is 5.60. The van der Waals surface area contributed by atoms with Crippen molar-refractivity contribution in [3.05, 3.63) is 29.8 Å². The van der Waals surface area contributed by atoms with Crippen LogP contribution in [-0.2, 0) is 19.7 Å². The van der Waals surface area contributed by atoms with Gasteiger partial charge >= 0.3 is 10.2 Å². The summed E-state index contributed by atoms with van der Waals surface area (Å²) in [6, 6.07) is 2.20. The maximum absolute atomic E-state index is 14.1. The lowest BCUT2D eigenvalue weighted by atomic mass is 10.1. The number of phenols is 1. The first-order valence-corrected chi connectivity index (χ1v) is 7.43. The molecular weight excluding hydrogens is 303 g/mol. The van der Waals surface area contributed by atoms with Crippen LogP contribution in [0.3, 0.4) is 0 Å². The van der Waals surface area contributed by atoms with Crippen LogP contribution in [0.5, 0.6) is 5.75 Å². The highest BCUT2D eigenvalue weighted by Gasteiger charge is 2.37. The molecule has 2 N–H and O–H groups in total. The highest BCUT2D eigenvalue weighted by atomic mass is 32.2. The lowest BCUT2D eigenvalue weighted by Crippen LogP contribution is -2.30. The summed E-state index contributed by atoms with van der Waals surface area (Å²) in [5, 5.41) is 9.85. The number of carbonyl (C=O) groups is 1. The van der Waals surface area contributed by atoms with E-state index in [1.807, 2.05) is 0 Å². The van der Waals surface area contributed by atoms with Crippen molar-refractivity contribution in [1.82, 2.24) is 4.72 Å². The summed E-state index contributed by atoms with van der Waals surface area (Å²) >= 11 is 0. The van der Waals surface area contributed by atoms with E-state index in [0.29, 0.717) is 10.9 Å². The molecule has 0 bridgehead atoms. The molecule has 0 atom stereocenters. The maximum Gasteiger partial charge on any atom is 0.326 e. The van der Waals surface area contributed by atoms with Crippen molar-refractivity contribution in [3.8, 4) is 5.75 Å². The Kier molecular flexibility index (Phi) is 4.03. The number of rotatable bonds is 4. The Morgan fingerprint density at radius 3 is 2.76 bits per heavy atom. The zero-order valence-corrected chi connectivity index (χ0v) is 11.9. The predicted molar refractivity (Wildman–Crippen MR) is 73.1 cm³/mol. The Hall–Kier alpha value is -2.29. The molecule has 1 fully saturated rings. The molecule has 1 aromatic rings. The molecule has 1 saturated heterocycles. The van der Waals surface area contributed by atoms with Gasteiger partial charge in [-0.2, -0.15) is 8.42 Å². The molecule has 9 heteroatoms. The van der Waals surface area contributed by atoms with Gasteiger partial charge in [0.2, 0.25) is 0 Å². The molecule has 1 heterocycles. The molecule has 1 amide bonds. The number of benzene rings is 1. The highest BCUT2D eigenvalue weighted by Crippen LogP contribution is 2.34. The number of hydrogen-bond donors (Lipinski definition) is 2. The molecule has 2 rings (SSSR count). The molecule has 21 heavy (non-hydrogen) atoms. The van der Waals surface area contributed by atoms with Crippen molar-refractivity contribution in [3.63, 3.8) is 0 Å². The molecule has 1 aliphatic rings. The molecule has 114 valence electrons. The second-order valence-electron chi connectivity index (χ2n) is 4.17. The van der Waals surface area contributed by atoms with Gasteiger partial charge in [0, 0.05) is 0 Å². The SMILES string of the molecule is CCO/C=C/c1cc(O)c(N2CC(=O)NS2(=O)=O)c(F)c1. The van der Waals surface area contributed by atoms with E-state index in [1.54, 1.807) is 11.6 Å². The van der Waals surface area contributed by atoms with Gasteiger partial charge in [-0.3, -0.25) is 4.79 Å². The smallest absolute Gasteiger partial charge is 0.326 e.